The van der Waals surface area contributed by atoms with Crippen LogP contribution in [-0.2, 0) is 11.2 Å². The second kappa shape index (κ2) is 7.36. The number of amides is 1. The van der Waals surface area contributed by atoms with Crippen molar-refractivity contribution >= 4 is 18.3 Å². The van der Waals surface area contributed by atoms with E-state index in [9.17, 15) is 13.6 Å². The SMILES string of the molecule is Cl.NC(=O)C=C1CCNCC1Cc1ccc(F)c(F)c1. The van der Waals surface area contributed by atoms with Gasteiger partial charge >= 0.3 is 0 Å². The predicted octanol–water partition coefficient (Wildman–Crippen LogP) is 1.95. The molecule has 6 heteroatoms. The molecule has 1 aromatic carbocycles. The van der Waals surface area contributed by atoms with Crippen LogP contribution in [0.3, 0.4) is 0 Å². The minimum atomic E-state index is -0.849. The van der Waals surface area contributed by atoms with Crippen LogP contribution in [0, 0.1) is 17.6 Å². The van der Waals surface area contributed by atoms with Gasteiger partial charge in [-0.3, -0.25) is 4.79 Å². The number of carbonyl (C=O) groups is 1. The predicted molar refractivity (Wildman–Crippen MR) is 75.6 cm³/mol. The summed E-state index contributed by atoms with van der Waals surface area (Å²) in [5.41, 5.74) is 6.86. The summed E-state index contributed by atoms with van der Waals surface area (Å²) in [6, 6.07) is 3.89. The number of nitrogens with two attached hydrogens (primary N) is 1. The Morgan fingerprint density at radius 3 is 2.80 bits per heavy atom. The standard InChI is InChI=1S/C14H16F2N2O.ClH/c15-12-2-1-9(6-13(12)16)5-11-8-18-4-3-10(11)7-14(17)19;/h1-2,6-7,11,18H,3-5,8H2,(H2,17,19);1H. The number of piperidine rings is 1. The Bertz CT molecular complexity index is 520. The minimum Gasteiger partial charge on any atom is -0.366 e. The topological polar surface area (TPSA) is 55.1 Å². The van der Waals surface area contributed by atoms with Gasteiger partial charge in [-0.15, -0.1) is 12.4 Å². The Labute approximate surface area is 122 Å². The molecule has 20 heavy (non-hydrogen) atoms. The molecule has 0 saturated carbocycles. The first kappa shape index (κ1) is 16.6. The van der Waals surface area contributed by atoms with Gasteiger partial charge in [0.15, 0.2) is 11.6 Å². The normalized spacial score (nSPS) is 20.5. The summed E-state index contributed by atoms with van der Waals surface area (Å²) in [4.78, 5) is 11.0. The van der Waals surface area contributed by atoms with E-state index < -0.39 is 17.5 Å². The number of benzene rings is 1. The van der Waals surface area contributed by atoms with Crippen LogP contribution in [-0.4, -0.2) is 19.0 Å². The number of nitrogens with one attached hydrogen (secondary N) is 1. The minimum absolute atomic E-state index is 0. The van der Waals surface area contributed by atoms with E-state index in [0.29, 0.717) is 18.5 Å². The van der Waals surface area contributed by atoms with Crippen molar-refractivity contribution in [1.29, 1.82) is 0 Å². The molecule has 1 fully saturated rings. The lowest BCUT2D eigenvalue weighted by Crippen LogP contribution is -2.33. The summed E-state index contributed by atoms with van der Waals surface area (Å²) in [6.45, 7) is 1.51. The molecule has 1 aliphatic heterocycles. The Morgan fingerprint density at radius 2 is 2.15 bits per heavy atom. The smallest absolute Gasteiger partial charge is 0.241 e. The third-order valence-corrected chi connectivity index (χ3v) is 3.30. The van der Waals surface area contributed by atoms with Crippen molar-refractivity contribution in [2.75, 3.05) is 13.1 Å². The van der Waals surface area contributed by atoms with Crippen LogP contribution >= 0.6 is 12.4 Å². The molecule has 0 aromatic heterocycles. The summed E-state index contributed by atoms with van der Waals surface area (Å²) in [6.07, 6.45) is 2.76. The maximum Gasteiger partial charge on any atom is 0.241 e. The third-order valence-electron chi connectivity index (χ3n) is 3.30. The van der Waals surface area contributed by atoms with Gasteiger partial charge in [0.2, 0.25) is 5.91 Å². The number of halogens is 3. The third kappa shape index (κ3) is 4.28. The largest absolute Gasteiger partial charge is 0.366 e. The lowest BCUT2D eigenvalue weighted by molar-refractivity contribution is -0.113. The summed E-state index contributed by atoms with van der Waals surface area (Å²) < 4.78 is 26.0. The Balaban J connectivity index is 0.00000200. The molecule has 2 rings (SSSR count). The van der Waals surface area contributed by atoms with Crippen molar-refractivity contribution in [1.82, 2.24) is 5.32 Å². The molecule has 110 valence electrons. The summed E-state index contributed by atoms with van der Waals surface area (Å²) in [7, 11) is 0. The fourth-order valence-electron chi connectivity index (χ4n) is 2.37. The fourth-order valence-corrected chi connectivity index (χ4v) is 2.37. The zero-order valence-electron chi connectivity index (χ0n) is 10.9. The maximum atomic E-state index is 13.2. The molecule has 1 saturated heterocycles. The highest BCUT2D eigenvalue weighted by Gasteiger charge is 2.20. The first-order valence-corrected chi connectivity index (χ1v) is 6.21. The highest BCUT2D eigenvalue weighted by atomic mass is 35.5. The highest BCUT2D eigenvalue weighted by molar-refractivity contribution is 5.86. The summed E-state index contributed by atoms with van der Waals surface area (Å²) in [5, 5.41) is 3.22. The van der Waals surface area contributed by atoms with Crippen molar-refractivity contribution in [3.8, 4) is 0 Å². The summed E-state index contributed by atoms with van der Waals surface area (Å²) >= 11 is 0. The lowest BCUT2D eigenvalue weighted by Gasteiger charge is -2.26. The van der Waals surface area contributed by atoms with Crippen molar-refractivity contribution < 1.29 is 13.6 Å². The second-order valence-corrected chi connectivity index (χ2v) is 4.73. The summed E-state index contributed by atoms with van der Waals surface area (Å²) in [5.74, 6) is -2.07. The van der Waals surface area contributed by atoms with Gasteiger partial charge in [0.1, 0.15) is 0 Å². The lowest BCUT2D eigenvalue weighted by atomic mass is 9.87. The van der Waals surface area contributed by atoms with Crippen molar-refractivity contribution in [2.45, 2.75) is 12.8 Å². The number of hydrogen-bond donors (Lipinski definition) is 2. The molecule has 0 radical (unpaired) electrons. The van der Waals surface area contributed by atoms with E-state index in [1.165, 1.54) is 12.1 Å². The zero-order chi connectivity index (χ0) is 13.8. The quantitative estimate of drug-likeness (QED) is 0.839. The van der Waals surface area contributed by atoms with Gasteiger partial charge in [-0.25, -0.2) is 8.78 Å². The molecule has 0 spiro atoms. The monoisotopic (exact) mass is 302 g/mol. The van der Waals surface area contributed by atoms with Gasteiger partial charge in [-0.2, -0.15) is 0 Å². The van der Waals surface area contributed by atoms with Crippen LogP contribution in [0.2, 0.25) is 0 Å². The Kier molecular flexibility index (Phi) is 6.10. The molecule has 0 aliphatic carbocycles. The molecular formula is C14H17ClF2N2O. The second-order valence-electron chi connectivity index (χ2n) is 4.73. The van der Waals surface area contributed by atoms with Gasteiger partial charge in [-0.05, 0) is 43.0 Å². The average Bonchev–Trinajstić information content (AvgIpc) is 2.36. The van der Waals surface area contributed by atoms with Crippen molar-refractivity contribution in [2.24, 2.45) is 11.7 Å². The van der Waals surface area contributed by atoms with Crippen LogP contribution in [0.25, 0.3) is 0 Å². The molecule has 3 N–H and O–H groups in total. The number of hydrogen-bond acceptors (Lipinski definition) is 2. The molecule has 0 bridgehead atoms. The van der Waals surface area contributed by atoms with E-state index >= 15 is 0 Å². The molecule has 1 amide bonds. The molecule has 1 atom stereocenters. The maximum absolute atomic E-state index is 13.2. The van der Waals surface area contributed by atoms with Gasteiger partial charge in [0.25, 0.3) is 0 Å². The van der Waals surface area contributed by atoms with Gasteiger partial charge in [-0.1, -0.05) is 11.6 Å². The Hall–Kier alpha value is -1.46. The van der Waals surface area contributed by atoms with Crippen molar-refractivity contribution in [3.63, 3.8) is 0 Å². The van der Waals surface area contributed by atoms with E-state index in [1.54, 1.807) is 6.07 Å². The number of rotatable bonds is 3. The van der Waals surface area contributed by atoms with Crippen LogP contribution in [0.15, 0.2) is 29.8 Å². The van der Waals surface area contributed by atoms with Gasteiger partial charge in [0.05, 0.1) is 0 Å². The Morgan fingerprint density at radius 1 is 1.40 bits per heavy atom. The van der Waals surface area contributed by atoms with E-state index in [-0.39, 0.29) is 18.3 Å². The zero-order valence-corrected chi connectivity index (χ0v) is 11.7. The molecule has 1 aromatic rings. The fraction of sp³-hybridized carbons (Fsp3) is 0.357. The average molecular weight is 303 g/mol. The number of carbonyl (C=O) groups excluding carboxylic acids is 1. The van der Waals surface area contributed by atoms with Crippen LogP contribution in [0.5, 0.6) is 0 Å². The molecule has 1 unspecified atom stereocenters. The first-order chi connectivity index (χ1) is 9.06. The van der Waals surface area contributed by atoms with Gasteiger partial charge in [0, 0.05) is 12.6 Å². The first-order valence-electron chi connectivity index (χ1n) is 6.21. The van der Waals surface area contributed by atoms with Gasteiger partial charge < -0.3 is 11.1 Å². The molecule has 3 nitrogen and oxygen atoms in total. The van der Waals surface area contributed by atoms with E-state index in [4.69, 9.17) is 5.73 Å². The van der Waals surface area contributed by atoms with Crippen LogP contribution in [0.4, 0.5) is 8.78 Å². The van der Waals surface area contributed by atoms with E-state index in [0.717, 1.165) is 24.6 Å². The molecule has 1 aliphatic rings. The molecular weight excluding hydrogens is 286 g/mol. The number of primary amides is 1. The molecule has 1 heterocycles. The van der Waals surface area contributed by atoms with Crippen LogP contribution < -0.4 is 11.1 Å². The van der Waals surface area contributed by atoms with Crippen LogP contribution in [0.1, 0.15) is 12.0 Å². The van der Waals surface area contributed by atoms with E-state index in [1.807, 2.05) is 0 Å². The van der Waals surface area contributed by atoms with Crippen molar-refractivity contribution in [3.05, 3.63) is 47.0 Å². The highest BCUT2D eigenvalue weighted by Crippen LogP contribution is 2.23. The van der Waals surface area contributed by atoms with E-state index in [2.05, 4.69) is 5.32 Å².